The maximum atomic E-state index is 11.8. The first-order valence-electron chi connectivity index (χ1n) is 8.34. The van der Waals surface area contributed by atoms with Gasteiger partial charge in [0.1, 0.15) is 5.65 Å². The molecule has 0 bridgehead atoms. The van der Waals surface area contributed by atoms with E-state index in [4.69, 9.17) is 0 Å². The van der Waals surface area contributed by atoms with E-state index < -0.39 is 5.41 Å². The SMILES string of the molecule is CC(C)(C)C(=O)NCCCC(=O)NCCc1cn2ccccc2n1. The summed E-state index contributed by atoms with van der Waals surface area (Å²) in [5.41, 5.74) is 1.48. The fraction of sp³-hybridized carbons (Fsp3) is 0.500. The van der Waals surface area contributed by atoms with Crippen molar-refractivity contribution in [2.45, 2.75) is 40.0 Å². The van der Waals surface area contributed by atoms with Crippen molar-refractivity contribution in [3.05, 3.63) is 36.3 Å². The zero-order chi connectivity index (χ0) is 17.6. The lowest BCUT2D eigenvalue weighted by Gasteiger charge is -2.17. The maximum absolute atomic E-state index is 11.8. The maximum Gasteiger partial charge on any atom is 0.225 e. The Bertz CT molecular complexity index is 667. The molecule has 6 nitrogen and oxygen atoms in total. The van der Waals surface area contributed by atoms with Crippen molar-refractivity contribution in [1.29, 1.82) is 0 Å². The molecule has 6 heteroatoms. The zero-order valence-electron chi connectivity index (χ0n) is 14.6. The van der Waals surface area contributed by atoms with E-state index in [2.05, 4.69) is 15.6 Å². The Balaban J connectivity index is 1.62. The molecule has 0 radical (unpaired) electrons. The van der Waals surface area contributed by atoms with Crippen LogP contribution in [0.2, 0.25) is 0 Å². The second-order valence-corrected chi connectivity index (χ2v) is 6.91. The molecule has 0 aliphatic rings. The van der Waals surface area contributed by atoms with Gasteiger partial charge in [0.05, 0.1) is 5.69 Å². The van der Waals surface area contributed by atoms with Crippen molar-refractivity contribution < 1.29 is 9.59 Å². The van der Waals surface area contributed by atoms with Crippen LogP contribution in [-0.4, -0.2) is 34.3 Å². The topological polar surface area (TPSA) is 75.5 Å². The highest BCUT2D eigenvalue weighted by atomic mass is 16.2. The molecule has 0 atom stereocenters. The number of imidazole rings is 1. The van der Waals surface area contributed by atoms with Crippen LogP contribution in [0.25, 0.3) is 5.65 Å². The molecule has 2 N–H and O–H groups in total. The van der Waals surface area contributed by atoms with Gasteiger partial charge >= 0.3 is 0 Å². The monoisotopic (exact) mass is 330 g/mol. The van der Waals surface area contributed by atoms with Crippen LogP contribution in [0.15, 0.2) is 30.6 Å². The highest BCUT2D eigenvalue weighted by Crippen LogP contribution is 2.12. The largest absolute Gasteiger partial charge is 0.356 e. The minimum atomic E-state index is -0.393. The lowest BCUT2D eigenvalue weighted by Crippen LogP contribution is -2.35. The Morgan fingerprint density at radius 1 is 1.17 bits per heavy atom. The first-order chi connectivity index (χ1) is 11.4. The summed E-state index contributed by atoms with van der Waals surface area (Å²) in [7, 11) is 0. The van der Waals surface area contributed by atoms with Gasteiger partial charge in [0, 0.05) is 43.7 Å². The summed E-state index contributed by atoms with van der Waals surface area (Å²) in [5.74, 6) is 0.0125. The van der Waals surface area contributed by atoms with Gasteiger partial charge in [-0.25, -0.2) is 4.98 Å². The van der Waals surface area contributed by atoms with Gasteiger partial charge in [0.25, 0.3) is 0 Å². The molecule has 2 aromatic heterocycles. The molecule has 0 aliphatic carbocycles. The summed E-state index contributed by atoms with van der Waals surface area (Å²) in [6.07, 6.45) is 5.69. The van der Waals surface area contributed by atoms with E-state index in [9.17, 15) is 9.59 Å². The van der Waals surface area contributed by atoms with E-state index in [1.165, 1.54) is 0 Å². The zero-order valence-corrected chi connectivity index (χ0v) is 14.6. The van der Waals surface area contributed by atoms with E-state index >= 15 is 0 Å². The number of fused-ring (bicyclic) bond motifs is 1. The van der Waals surface area contributed by atoms with Crippen molar-refractivity contribution in [1.82, 2.24) is 20.0 Å². The highest BCUT2D eigenvalue weighted by Gasteiger charge is 2.20. The van der Waals surface area contributed by atoms with Crippen LogP contribution in [0.4, 0.5) is 0 Å². The van der Waals surface area contributed by atoms with Gasteiger partial charge in [-0.1, -0.05) is 26.8 Å². The third-order valence-corrected chi connectivity index (χ3v) is 3.66. The molecule has 2 amide bonds. The average molecular weight is 330 g/mol. The molecule has 0 aromatic carbocycles. The standard InChI is InChI=1S/C18H26N4O2/c1-18(2,3)17(24)20-10-6-8-16(23)19-11-9-14-13-22-12-5-4-7-15(22)21-14/h4-5,7,12-13H,6,8-11H2,1-3H3,(H,19,23)(H,20,24). The van der Waals surface area contributed by atoms with E-state index in [0.717, 1.165) is 11.3 Å². The first kappa shape index (κ1) is 18.0. The Morgan fingerprint density at radius 2 is 1.96 bits per heavy atom. The minimum absolute atomic E-state index is 0.00349. The van der Waals surface area contributed by atoms with Crippen molar-refractivity contribution in [3.63, 3.8) is 0 Å². The van der Waals surface area contributed by atoms with E-state index in [1.54, 1.807) is 0 Å². The molecule has 0 fully saturated rings. The highest BCUT2D eigenvalue weighted by molar-refractivity contribution is 5.81. The summed E-state index contributed by atoms with van der Waals surface area (Å²) >= 11 is 0. The minimum Gasteiger partial charge on any atom is -0.356 e. The second-order valence-electron chi connectivity index (χ2n) is 6.91. The number of carbonyl (C=O) groups is 2. The molecule has 0 saturated carbocycles. The first-order valence-corrected chi connectivity index (χ1v) is 8.34. The van der Waals surface area contributed by atoms with Gasteiger partial charge in [-0.2, -0.15) is 0 Å². The molecule has 0 spiro atoms. The molecule has 2 rings (SSSR count). The molecule has 130 valence electrons. The number of hydrogen-bond acceptors (Lipinski definition) is 3. The summed E-state index contributed by atoms with van der Waals surface area (Å²) in [6, 6.07) is 5.86. The summed E-state index contributed by atoms with van der Waals surface area (Å²) in [5, 5.41) is 5.74. The second kappa shape index (κ2) is 7.95. The predicted molar refractivity (Wildman–Crippen MR) is 93.6 cm³/mol. The normalized spacial score (nSPS) is 11.5. The van der Waals surface area contributed by atoms with Crippen LogP contribution in [0, 0.1) is 5.41 Å². The van der Waals surface area contributed by atoms with Gasteiger partial charge in [-0.15, -0.1) is 0 Å². The molecule has 0 unspecified atom stereocenters. The molecule has 2 heterocycles. The summed E-state index contributed by atoms with van der Waals surface area (Å²) in [4.78, 5) is 28.0. The fourth-order valence-corrected chi connectivity index (χ4v) is 2.24. The Morgan fingerprint density at radius 3 is 2.67 bits per heavy atom. The van der Waals surface area contributed by atoms with Crippen molar-refractivity contribution >= 4 is 17.5 Å². The van der Waals surface area contributed by atoms with Crippen molar-refractivity contribution in [2.24, 2.45) is 5.41 Å². The van der Waals surface area contributed by atoms with Gasteiger partial charge in [0.15, 0.2) is 0 Å². The fourth-order valence-electron chi connectivity index (χ4n) is 2.24. The van der Waals surface area contributed by atoms with E-state index in [-0.39, 0.29) is 11.8 Å². The molecule has 0 aliphatic heterocycles. The quantitative estimate of drug-likeness (QED) is 0.762. The molecule has 24 heavy (non-hydrogen) atoms. The van der Waals surface area contributed by atoms with Crippen LogP contribution in [-0.2, 0) is 16.0 Å². The van der Waals surface area contributed by atoms with Crippen LogP contribution in [0.3, 0.4) is 0 Å². The van der Waals surface area contributed by atoms with E-state index in [0.29, 0.717) is 32.4 Å². The number of hydrogen-bond donors (Lipinski definition) is 2. The Hall–Kier alpha value is -2.37. The average Bonchev–Trinajstić information content (AvgIpc) is 2.93. The van der Waals surface area contributed by atoms with Gasteiger partial charge in [-0.05, 0) is 18.6 Å². The predicted octanol–water partition coefficient (Wildman–Crippen LogP) is 1.94. The van der Waals surface area contributed by atoms with Crippen LogP contribution < -0.4 is 10.6 Å². The Kier molecular flexibility index (Phi) is 5.95. The lowest BCUT2D eigenvalue weighted by molar-refractivity contribution is -0.128. The van der Waals surface area contributed by atoms with Gasteiger partial charge in [0.2, 0.25) is 11.8 Å². The van der Waals surface area contributed by atoms with Gasteiger partial charge < -0.3 is 15.0 Å². The van der Waals surface area contributed by atoms with Crippen LogP contribution >= 0.6 is 0 Å². The summed E-state index contributed by atoms with van der Waals surface area (Å²) in [6.45, 7) is 6.70. The number of rotatable bonds is 7. The van der Waals surface area contributed by atoms with Crippen molar-refractivity contribution in [2.75, 3.05) is 13.1 Å². The van der Waals surface area contributed by atoms with Gasteiger partial charge in [-0.3, -0.25) is 9.59 Å². The molecule has 2 aromatic rings. The number of amides is 2. The summed E-state index contributed by atoms with van der Waals surface area (Å²) < 4.78 is 1.97. The van der Waals surface area contributed by atoms with Crippen molar-refractivity contribution in [3.8, 4) is 0 Å². The number of pyridine rings is 1. The molecular weight excluding hydrogens is 304 g/mol. The lowest BCUT2D eigenvalue weighted by atomic mass is 9.96. The smallest absolute Gasteiger partial charge is 0.225 e. The number of nitrogens with zero attached hydrogens (tertiary/aromatic N) is 2. The molecular formula is C18H26N4O2. The van der Waals surface area contributed by atoms with E-state index in [1.807, 2.05) is 55.8 Å². The third-order valence-electron chi connectivity index (χ3n) is 3.66. The number of nitrogens with one attached hydrogen (secondary N) is 2. The Labute approximate surface area is 142 Å². The number of carbonyl (C=O) groups excluding carboxylic acids is 2. The third kappa shape index (κ3) is 5.37. The molecule has 0 saturated heterocycles. The van der Waals surface area contributed by atoms with Crippen LogP contribution in [0.1, 0.15) is 39.3 Å². The number of aromatic nitrogens is 2. The van der Waals surface area contributed by atoms with Crippen LogP contribution in [0.5, 0.6) is 0 Å².